The Labute approximate surface area is 77.5 Å². The SMILES string of the molecule is CN(C)c1nccc(OCCN)n1. The number of hydrogen-bond acceptors (Lipinski definition) is 5. The minimum atomic E-state index is 0.476. The first-order chi connectivity index (χ1) is 6.24. The number of rotatable bonds is 4. The summed E-state index contributed by atoms with van der Waals surface area (Å²) in [5.74, 6) is 1.19. The molecule has 1 aromatic rings. The molecule has 0 fully saturated rings. The van der Waals surface area contributed by atoms with Gasteiger partial charge in [-0.1, -0.05) is 0 Å². The highest BCUT2D eigenvalue weighted by Gasteiger charge is 2.00. The molecule has 0 aliphatic carbocycles. The quantitative estimate of drug-likeness (QED) is 0.703. The lowest BCUT2D eigenvalue weighted by Crippen LogP contribution is -2.15. The highest BCUT2D eigenvalue weighted by atomic mass is 16.5. The molecule has 1 aromatic heterocycles. The molecule has 72 valence electrons. The average molecular weight is 182 g/mol. The minimum Gasteiger partial charge on any atom is -0.476 e. The molecule has 0 amide bonds. The average Bonchev–Trinajstić information content (AvgIpc) is 2.15. The van der Waals surface area contributed by atoms with E-state index in [9.17, 15) is 0 Å². The highest BCUT2D eigenvalue weighted by molar-refractivity contribution is 5.29. The summed E-state index contributed by atoms with van der Waals surface area (Å²) in [4.78, 5) is 10.0. The third kappa shape index (κ3) is 2.87. The molecule has 1 heterocycles. The van der Waals surface area contributed by atoms with Crippen molar-refractivity contribution in [3.63, 3.8) is 0 Å². The second kappa shape index (κ2) is 4.61. The van der Waals surface area contributed by atoms with Gasteiger partial charge in [0.2, 0.25) is 11.8 Å². The first-order valence-electron chi connectivity index (χ1n) is 4.07. The molecule has 0 bridgehead atoms. The second-order valence-corrected chi connectivity index (χ2v) is 2.73. The normalized spacial score (nSPS) is 9.77. The first-order valence-corrected chi connectivity index (χ1v) is 4.07. The predicted octanol–water partition coefficient (Wildman–Crippen LogP) is -0.120. The van der Waals surface area contributed by atoms with Gasteiger partial charge in [0, 0.05) is 32.9 Å². The zero-order valence-electron chi connectivity index (χ0n) is 7.90. The van der Waals surface area contributed by atoms with Gasteiger partial charge in [-0.3, -0.25) is 0 Å². The van der Waals surface area contributed by atoms with Crippen molar-refractivity contribution in [2.75, 3.05) is 32.1 Å². The van der Waals surface area contributed by atoms with Gasteiger partial charge < -0.3 is 15.4 Å². The Balaban J connectivity index is 2.68. The van der Waals surface area contributed by atoms with Crippen LogP contribution in [0.4, 0.5) is 5.95 Å². The largest absolute Gasteiger partial charge is 0.476 e. The fourth-order valence-electron chi connectivity index (χ4n) is 0.792. The summed E-state index contributed by atoms with van der Waals surface area (Å²) in [6.45, 7) is 0.963. The van der Waals surface area contributed by atoms with E-state index >= 15 is 0 Å². The Kier molecular flexibility index (Phi) is 3.45. The van der Waals surface area contributed by atoms with Crippen LogP contribution >= 0.6 is 0 Å². The predicted molar refractivity (Wildman–Crippen MR) is 50.9 cm³/mol. The monoisotopic (exact) mass is 182 g/mol. The Morgan fingerprint density at radius 2 is 2.31 bits per heavy atom. The van der Waals surface area contributed by atoms with Crippen LogP contribution in [0.15, 0.2) is 12.3 Å². The van der Waals surface area contributed by atoms with E-state index in [-0.39, 0.29) is 0 Å². The number of hydrogen-bond donors (Lipinski definition) is 1. The van der Waals surface area contributed by atoms with Crippen LogP contribution in [0.3, 0.4) is 0 Å². The minimum absolute atomic E-state index is 0.476. The van der Waals surface area contributed by atoms with E-state index in [4.69, 9.17) is 10.5 Å². The number of aromatic nitrogens is 2. The van der Waals surface area contributed by atoms with Gasteiger partial charge in [-0.25, -0.2) is 4.98 Å². The van der Waals surface area contributed by atoms with Gasteiger partial charge in [0.15, 0.2) is 0 Å². The molecule has 0 spiro atoms. The third-order valence-corrected chi connectivity index (χ3v) is 1.39. The van der Waals surface area contributed by atoms with E-state index < -0.39 is 0 Å². The summed E-state index contributed by atoms with van der Waals surface area (Å²) in [5.41, 5.74) is 5.30. The molecular formula is C8H14N4O. The van der Waals surface area contributed by atoms with E-state index in [1.165, 1.54) is 0 Å². The highest BCUT2D eigenvalue weighted by Crippen LogP contribution is 2.09. The number of anilines is 1. The van der Waals surface area contributed by atoms with Crippen LogP contribution in [0.1, 0.15) is 0 Å². The van der Waals surface area contributed by atoms with Gasteiger partial charge >= 0.3 is 0 Å². The molecule has 1 rings (SSSR count). The fraction of sp³-hybridized carbons (Fsp3) is 0.500. The zero-order chi connectivity index (χ0) is 9.68. The standard InChI is InChI=1S/C8H14N4O/c1-12(2)8-10-5-3-7(11-8)13-6-4-9/h3,5H,4,6,9H2,1-2H3. The van der Waals surface area contributed by atoms with Crippen LogP contribution in [0.25, 0.3) is 0 Å². The van der Waals surface area contributed by atoms with E-state index in [1.54, 1.807) is 12.3 Å². The van der Waals surface area contributed by atoms with Gasteiger partial charge in [-0.2, -0.15) is 4.98 Å². The van der Waals surface area contributed by atoms with E-state index in [0.717, 1.165) is 0 Å². The molecule has 13 heavy (non-hydrogen) atoms. The van der Waals surface area contributed by atoms with Crippen molar-refractivity contribution >= 4 is 5.95 Å². The Bertz CT molecular complexity index is 264. The first kappa shape index (κ1) is 9.73. The lowest BCUT2D eigenvalue weighted by atomic mass is 10.6. The summed E-state index contributed by atoms with van der Waals surface area (Å²) < 4.78 is 5.24. The van der Waals surface area contributed by atoms with Crippen molar-refractivity contribution in [3.05, 3.63) is 12.3 Å². The van der Waals surface area contributed by atoms with Crippen molar-refractivity contribution in [1.29, 1.82) is 0 Å². The van der Waals surface area contributed by atoms with Crippen LogP contribution in [0.2, 0.25) is 0 Å². The van der Waals surface area contributed by atoms with Gasteiger partial charge in [-0.15, -0.1) is 0 Å². The van der Waals surface area contributed by atoms with Crippen LogP contribution in [0.5, 0.6) is 5.88 Å². The molecule has 0 aromatic carbocycles. The number of nitrogens with two attached hydrogens (primary N) is 1. The maximum atomic E-state index is 5.30. The maximum Gasteiger partial charge on any atom is 0.228 e. The molecule has 0 aliphatic heterocycles. The lowest BCUT2D eigenvalue weighted by molar-refractivity contribution is 0.315. The molecule has 5 heteroatoms. The second-order valence-electron chi connectivity index (χ2n) is 2.73. The van der Waals surface area contributed by atoms with Crippen LogP contribution in [-0.2, 0) is 0 Å². The molecule has 0 saturated carbocycles. The maximum absolute atomic E-state index is 5.30. The van der Waals surface area contributed by atoms with Crippen molar-refractivity contribution in [3.8, 4) is 5.88 Å². The van der Waals surface area contributed by atoms with Crippen LogP contribution in [0, 0.1) is 0 Å². The molecule has 2 N–H and O–H groups in total. The van der Waals surface area contributed by atoms with Gasteiger partial charge in [0.05, 0.1) is 0 Å². The molecule has 5 nitrogen and oxygen atoms in total. The smallest absolute Gasteiger partial charge is 0.228 e. The molecule has 0 radical (unpaired) electrons. The fourth-order valence-corrected chi connectivity index (χ4v) is 0.792. The summed E-state index contributed by atoms with van der Waals surface area (Å²) in [6.07, 6.45) is 1.66. The lowest BCUT2D eigenvalue weighted by Gasteiger charge is -2.10. The summed E-state index contributed by atoms with van der Waals surface area (Å²) in [5, 5.41) is 0. The summed E-state index contributed by atoms with van der Waals surface area (Å²) in [7, 11) is 3.75. The molecule has 0 aliphatic rings. The Morgan fingerprint density at radius 3 is 2.92 bits per heavy atom. The topological polar surface area (TPSA) is 64.3 Å². The van der Waals surface area contributed by atoms with Crippen molar-refractivity contribution < 1.29 is 4.74 Å². The third-order valence-electron chi connectivity index (χ3n) is 1.39. The van der Waals surface area contributed by atoms with Crippen LogP contribution < -0.4 is 15.4 Å². The molecular weight excluding hydrogens is 168 g/mol. The van der Waals surface area contributed by atoms with Crippen molar-refractivity contribution in [1.82, 2.24) is 9.97 Å². The van der Waals surface area contributed by atoms with Crippen LogP contribution in [-0.4, -0.2) is 37.2 Å². The number of nitrogens with zero attached hydrogens (tertiary/aromatic N) is 3. The van der Waals surface area contributed by atoms with Crippen molar-refractivity contribution in [2.24, 2.45) is 5.73 Å². The van der Waals surface area contributed by atoms with Gasteiger partial charge in [0.25, 0.3) is 0 Å². The molecule has 0 atom stereocenters. The Hall–Kier alpha value is -1.36. The Morgan fingerprint density at radius 1 is 1.54 bits per heavy atom. The van der Waals surface area contributed by atoms with Crippen molar-refractivity contribution in [2.45, 2.75) is 0 Å². The summed E-state index contributed by atoms with van der Waals surface area (Å²) >= 11 is 0. The van der Waals surface area contributed by atoms with E-state index in [0.29, 0.717) is 25.0 Å². The zero-order valence-corrected chi connectivity index (χ0v) is 7.90. The molecule has 0 unspecified atom stereocenters. The van der Waals surface area contributed by atoms with Gasteiger partial charge in [0.1, 0.15) is 6.61 Å². The molecule has 0 saturated heterocycles. The van der Waals surface area contributed by atoms with Gasteiger partial charge in [-0.05, 0) is 0 Å². The van der Waals surface area contributed by atoms with E-state index in [1.807, 2.05) is 19.0 Å². The van der Waals surface area contributed by atoms with E-state index in [2.05, 4.69) is 9.97 Å². The summed E-state index contributed by atoms with van der Waals surface area (Å²) in [6, 6.07) is 1.71. The number of ether oxygens (including phenoxy) is 1.